The summed E-state index contributed by atoms with van der Waals surface area (Å²) in [4.78, 5) is 14.6. The minimum Gasteiger partial charge on any atom is -0.512 e. The standard InChI is InChI=1S/C18H24N2O3/c1-5-20(6-2)12-7-8-13-14-10-18(4,23-15(13)9-12)19-17(22)16(14)11(3)21/h7-9,14,21H,5-6,10H2,1-4H3,(H,19,22)/b16-11+. The number of hydrogen-bond acceptors (Lipinski definition) is 4. The van der Waals surface area contributed by atoms with Gasteiger partial charge in [-0.05, 0) is 33.8 Å². The van der Waals surface area contributed by atoms with Gasteiger partial charge in [-0.2, -0.15) is 0 Å². The Morgan fingerprint density at radius 2 is 2.13 bits per heavy atom. The molecule has 5 heteroatoms. The van der Waals surface area contributed by atoms with E-state index >= 15 is 0 Å². The molecule has 2 N–H and O–H groups in total. The van der Waals surface area contributed by atoms with Gasteiger partial charge in [-0.25, -0.2) is 0 Å². The molecule has 2 aliphatic rings. The van der Waals surface area contributed by atoms with E-state index in [4.69, 9.17) is 4.74 Å². The molecule has 1 aromatic carbocycles. The molecule has 5 nitrogen and oxygen atoms in total. The minimum absolute atomic E-state index is 0.0789. The van der Waals surface area contributed by atoms with Crippen molar-refractivity contribution in [2.45, 2.75) is 45.8 Å². The molecule has 1 fully saturated rings. The molecule has 1 aromatic rings. The second-order valence-corrected chi connectivity index (χ2v) is 6.44. The van der Waals surface area contributed by atoms with Gasteiger partial charge in [0.25, 0.3) is 5.91 Å². The number of carbonyl (C=O) groups excluding carboxylic acids is 1. The smallest absolute Gasteiger partial charge is 0.254 e. The quantitative estimate of drug-likeness (QED) is 0.664. The first kappa shape index (κ1) is 15.7. The van der Waals surface area contributed by atoms with E-state index in [1.807, 2.05) is 19.1 Å². The van der Waals surface area contributed by atoms with Gasteiger partial charge in [0.2, 0.25) is 0 Å². The number of aliphatic hydroxyl groups is 1. The number of rotatable bonds is 3. The van der Waals surface area contributed by atoms with E-state index in [-0.39, 0.29) is 17.6 Å². The molecular weight excluding hydrogens is 292 g/mol. The molecule has 23 heavy (non-hydrogen) atoms. The van der Waals surface area contributed by atoms with Gasteiger partial charge in [-0.1, -0.05) is 6.07 Å². The summed E-state index contributed by atoms with van der Waals surface area (Å²) < 4.78 is 6.11. The Kier molecular flexibility index (Phi) is 3.74. The summed E-state index contributed by atoms with van der Waals surface area (Å²) in [5.41, 5.74) is 1.80. The van der Waals surface area contributed by atoms with Gasteiger partial charge in [0.1, 0.15) is 5.75 Å². The highest BCUT2D eigenvalue weighted by atomic mass is 16.5. The molecule has 124 valence electrons. The Labute approximate surface area is 136 Å². The highest BCUT2D eigenvalue weighted by Gasteiger charge is 2.47. The predicted octanol–water partition coefficient (Wildman–Crippen LogP) is 3.08. The highest BCUT2D eigenvalue weighted by Crippen LogP contribution is 2.48. The van der Waals surface area contributed by atoms with Crippen LogP contribution in [-0.2, 0) is 4.79 Å². The third-order valence-electron chi connectivity index (χ3n) is 4.79. The number of fused-ring (bicyclic) bond motifs is 4. The third kappa shape index (κ3) is 2.54. The van der Waals surface area contributed by atoms with Crippen LogP contribution in [0.15, 0.2) is 29.5 Å². The van der Waals surface area contributed by atoms with Crippen molar-refractivity contribution >= 4 is 11.6 Å². The maximum atomic E-state index is 12.3. The zero-order chi connectivity index (χ0) is 16.8. The fourth-order valence-electron chi connectivity index (χ4n) is 3.68. The Hall–Kier alpha value is -2.17. The summed E-state index contributed by atoms with van der Waals surface area (Å²) >= 11 is 0. The Morgan fingerprint density at radius 1 is 1.43 bits per heavy atom. The van der Waals surface area contributed by atoms with Crippen LogP contribution in [0.25, 0.3) is 0 Å². The molecule has 0 radical (unpaired) electrons. The Bertz CT molecular complexity index is 675. The van der Waals surface area contributed by atoms with Gasteiger partial charge in [0, 0.05) is 42.7 Å². The van der Waals surface area contributed by atoms with Gasteiger partial charge in [-0.15, -0.1) is 0 Å². The van der Waals surface area contributed by atoms with E-state index in [0.29, 0.717) is 12.0 Å². The lowest BCUT2D eigenvalue weighted by molar-refractivity contribution is -0.127. The molecular formula is C18H24N2O3. The fraction of sp³-hybridized carbons (Fsp3) is 0.500. The number of piperidine rings is 1. The van der Waals surface area contributed by atoms with E-state index in [1.165, 1.54) is 0 Å². The van der Waals surface area contributed by atoms with Gasteiger partial charge in [0.15, 0.2) is 5.72 Å². The number of anilines is 1. The zero-order valence-electron chi connectivity index (χ0n) is 14.1. The Morgan fingerprint density at radius 3 is 2.74 bits per heavy atom. The fourth-order valence-corrected chi connectivity index (χ4v) is 3.68. The van der Waals surface area contributed by atoms with Crippen LogP contribution in [0.2, 0.25) is 0 Å². The van der Waals surface area contributed by atoms with Crippen LogP contribution in [0.5, 0.6) is 5.75 Å². The van der Waals surface area contributed by atoms with Crippen molar-refractivity contribution in [2.24, 2.45) is 0 Å². The monoisotopic (exact) mass is 316 g/mol. The predicted molar refractivity (Wildman–Crippen MR) is 89.9 cm³/mol. The number of benzene rings is 1. The van der Waals surface area contributed by atoms with E-state index in [1.54, 1.807) is 6.92 Å². The summed E-state index contributed by atoms with van der Waals surface area (Å²) in [6, 6.07) is 6.12. The molecule has 3 rings (SSSR count). The van der Waals surface area contributed by atoms with Crippen molar-refractivity contribution < 1.29 is 14.6 Å². The number of amides is 1. The zero-order valence-corrected chi connectivity index (χ0v) is 14.1. The number of hydrogen-bond donors (Lipinski definition) is 2. The third-order valence-corrected chi connectivity index (χ3v) is 4.79. The normalized spacial score (nSPS) is 27.7. The van der Waals surface area contributed by atoms with Crippen molar-refractivity contribution in [3.05, 3.63) is 35.1 Å². The lowest BCUT2D eigenvalue weighted by Gasteiger charge is -2.45. The first-order valence-electron chi connectivity index (χ1n) is 8.18. The molecule has 2 bridgehead atoms. The van der Waals surface area contributed by atoms with Crippen molar-refractivity contribution in [1.29, 1.82) is 0 Å². The average Bonchev–Trinajstić information content (AvgIpc) is 2.46. The average molecular weight is 316 g/mol. The number of nitrogens with zero attached hydrogens (tertiary/aromatic N) is 1. The second-order valence-electron chi connectivity index (χ2n) is 6.44. The summed E-state index contributed by atoms with van der Waals surface area (Å²) in [6.07, 6.45) is 0.629. The molecule has 2 heterocycles. The molecule has 0 spiro atoms. The highest BCUT2D eigenvalue weighted by molar-refractivity contribution is 5.97. The number of allylic oxidation sites excluding steroid dienone is 1. The molecule has 1 amide bonds. The molecule has 1 saturated heterocycles. The number of nitrogens with one attached hydrogen (secondary N) is 1. The van der Waals surface area contributed by atoms with Crippen molar-refractivity contribution in [2.75, 3.05) is 18.0 Å². The lowest BCUT2D eigenvalue weighted by atomic mass is 9.78. The maximum Gasteiger partial charge on any atom is 0.254 e. The summed E-state index contributed by atoms with van der Waals surface area (Å²) in [6.45, 7) is 9.54. The lowest BCUT2D eigenvalue weighted by Crippen LogP contribution is -2.58. The topological polar surface area (TPSA) is 61.8 Å². The van der Waals surface area contributed by atoms with Crippen LogP contribution in [-0.4, -0.2) is 29.8 Å². The van der Waals surface area contributed by atoms with Crippen LogP contribution < -0.4 is 15.0 Å². The van der Waals surface area contributed by atoms with Crippen LogP contribution in [0.1, 0.15) is 45.6 Å². The summed E-state index contributed by atoms with van der Waals surface area (Å²) in [7, 11) is 0. The molecule has 2 unspecified atom stereocenters. The van der Waals surface area contributed by atoms with Crippen LogP contribution >= 0.6 is 0 Å². The number of aliphatic hydroxyl groups excluding tert-OH is 1. The van der Waals surface area contributed by atoms with Gasteiger partial charge >= 0.3 is 0 Å². The first-order chi connectivity index (χ1) is 10.9. The van der Waals surface area contributed by atoms with Gasteiger partial charge in [-0.3, -0.25) is 4.79 Å². The van der Waals surface area contributed by atoms with Gasteiger partial charge < -0.3 is 20.1 Å². The second kappa shape index (κ2) is 5.48. The van der Waals surface area contributed by atoms with Crippen molar-refractivity contribution in [1.82, 2.24) is 5.32 Å². The van der Waals surface area contributed by atoms with Gasteiger partial charge in [0.05, 0.1) is 11.3 Å². The molecule has 0 aliphatic carbocycles. The van der Waals surface area contributed by atoms with E-state index in [2.05, 4.69) is 30.1 Å². The minimum atomic E-state index is -0.727. The van der Waals surface area contributed by atoms with Crippen LogP contribution in [0.4, 0.5) is 5.69 Å². The van der Waals surface area contributed by atoms with Crippen molar-refractivity contribution in [3.8, 4) is 5.75 Å². The van der Waals surface area contributed by atoms with E-state index in [9.17, 15) is 9.90 Å². The molecule has 2 aliphatic heterocycles. The van der Waals surface area contributed by atoms with Crippen LogP contribution in [0.3, 0.4) is 0 Å². The molecule has 2 atom stereocenters. The SMILES string of the molecule is CCN(CC)c1ccc2c(c1)OC1(C)CC2/C(=C(/C)O)C(=O)N1. The largest absolute Gasteiger partial charge is 0.512 e. The van der Waals surface area contributed by atoms with E-state index in [0.717, 1.165) is 30.1 Å². The van der Waals surface area contributed by atoms with E-state index < -0.39 is 5.72 Å². The van der Waals surface area contributed by atoms with Crippen LogP contribution in [0, 0.1) is 0 Å². The molecule has 0 aromatic heterocycles. The summed E-state index contributed by atoms with van der Waals surface area (Å²) in [5.74, 6) is 0.484. The number of carbonyl (C=O) groups is 1. The number of ether oxygens (including phenoxy) is 1. The maximum absolute atomic E-state index is 12.3. The Balaban J connectivity index is 2.10. The molecule has 0 saturated carbocycles. The first-order valence-corrected chi connectivity index (χ1v) is 8.18. The van der Waals surface area contributed by atoms with Crippen molar-refractivity contribution in [3.63, 3.8) is 0 Å². The summed E-state index contributed by atoms with van der Waals surface area (Å²) in [5, 5.41) is 12.8.